The lowest BCUT2D eigenvalue weighted by molar-refractivity contribution is 0.0531. The van der Waals surface area contributed by atoms with Crippen molar-refractivity contribution >= 4 is 43.8 Å². The van der Waals surface area contributed by atoms with E-state index >= 15 is 8.42 Å². The third-order valence-electron chi connectivity index (χ3n) is 11.6. The third-order valence-corrected chi connectivity index (χ3v) is 15.3. The summed E-state index contributed by atoms with van der Waals surface area (Å²) in [4.78, 5) is 43.6. The summed E-state index contributed by atoms with van der Waals surface area (Å²) >= 11 is 0. The number of pyridine rings is 1. The number of nitrogen functional groups attached to an aromatic ring is 1. The lowest BCUT2D eigenvalue weighted by Gasteiger charge is -2.26. The van der Waals surface area contributed by atoms with E-state index in [0.717, 1.165) is 10.4 Å². The number of amides is 3. The third kappa shape index (κ3) is 13.0. The molecule has 0 unspecified atom stereocenters. The van der Waals surface area contributed by atoms with E-state index in [4.69, 9.17) is 24.7 Å². The van der Waals surface area contributed by atoms with Gasteiger partial charge in [0.15, 0.2) is 9.84 Å². The first kappa shape index (κ1) is 53.0. The van der Waals surface area contributed by atoms with Gasteiger partial charge in [0.1, 0.15) is 33.6 Å². The van der Waals surface area contributed by atoms with Crippen LogP contribution >= 0.6 is 0 Å². The Labute approximate surface area is 422 Å². The summed E-state index contributed by atoms with van der Waals surface area (Å²) in [6, 6.07) is 23.7. The molecular formula is C49H56N10O12S2. The molecule has 73 heavy (non-hydrogen) atoms. The number of tetrazole rings is 1. The number of alkyl carbamates (subject to hydrolysis) is 1. The van der Waals surface area contributed by atoms with Crippen LogP contribution in [0.3, 0.4) is 0 Å². The van der Waals surface area contributed by atoms with Crippen LogP contribution in [-0.4, -0.2) is 133 Å². The van der Waals surface area contributed by atoms with Crippen LogP contribution in [0, 0.1) is 0 Å². The van der Waals surface area contributed by atoms with Gasteiger partial charge in [0.25, 0.3) is 5.91 Å². The van der Waals surface area contributed by atoms with Crippen LogP contribution in [0.5, 0.6) is 17.2 Å². The molecular weight excluding hydrogens is 985 g/mol. The maximum Gasteiger partial charge on any atom is 0.407 e. The summed E-state index contributed by atoms with van der Waals surface area (Å²) in [7, 11) is -5.24. The van der Waals surface area contributed by atoms with Crippen molar-refractivity contribution in [3.63, 3.8) is 0 Å². The molecule has 0 radical (unpaired) electrons. The first-order valence-electron chi connectivity index (χ1n) is 22.8. The molecule has 0 spiro atoms. The van der Waals surface area contributed by atoms with Gasteiger partial charge in [-0.15, -0.1) is 10.2 Å². The van der Waals surface area contributed by atoms with Gasteiger partial charge in [-0.3, -0.25) is 4.79 Å². The van der Waals surface area contributed by atoms with Gasteiger partial charge in [-0.1, -0.05) is 42.5 Å². The zero-order valence-corrected chi connectivity index (χ0v) is 42.6. The van der Waals surface area contributed by atoms with Crippen LogP contribution in [0.2, 0.25) is 0 Å². The largest absolute Gasteiger partial charge is 0.497 e. The summed E-state index contributed by atoms with van der Waals surface area (Å²) < 4.78 is 84.5. The van der Waals surface area contributed by atoms with Gasteiger partial charge in [0.05, 0.1) is 49.6 Å². The Hall–Kier alpha value is -7.83. The molecule has 6 aromatic rings. The molecule has 1 atom stereocenters. The highest BCUT2D eigenvalue weighted by Gasteiger charge is 2.38. The zero-order chi connectivity index (χ0) is 52.7. The van der Waals surface area contributed by atoms with Crippen LogP contribution < -0.4 is 30.6 Å². The molecule has 1 aliphatic rings. The lowest BCUT2D eigenvalue weighted by atomic mass is 9.98. The SMILES string of the molecule is COc1ccc(CN(Cc2ccc(OC)cc2)S(=O)(=O)c2c(S(=O)(=O)CCNC(=O)OC(C)(C)C)ccc(-c3cnc(N)c(C(=O)N[C@H]4CCN(C(=O)O)C4)c3)c2-c2nnn(Cc3ccc(OC)cc3)n2)cc1. The zero-order valence-electron chi connectivity index (χ0n) is 40.9. The lowest BCUT2D eigenvalue weighted by Crippen LogP contribution is -2.38. The summed E-state index contributed by atoms with van der Waals surface area (Å²) in [6.07, 6.45) is -0.404. The second-order valence-corrected chi connectivity index (χ2v) is 21.8. The predicted octanol–water partition coefficient (Wildman–Crippen LogP) is 5.23. The first-order valence-corrected chi connectivity index (χ1v) is 25.9. The van der Waals surface area contributed by atoms with E-state index in [1.807, 2.05) is 0 Å². The highest BCUT2D eigenvalue weighted by Crippen LogP contribution is 2.42. The van der Waals surface area contributed by atoms with Crippen LogP contribution in [0.15, 0.2) is 107 Å². The number of nitrogens with zero attached hydrogens (tertiary/aromatic N) is 7. The number of rotatable bonds is 19. The highest BCUT2D eigenvalue weighted by molar-refractivity contribution is 7.93. The van der Waals surface area contributed by atoms with E-state index in [9.17, 15) is 27.9 Å². The Kier molecular flexibility index (Phi) is 16.2. The summed E-state index contributed by atoms with van der Waals surface area (Å²) in [5, 5.41) is 28.1. The minimum Gasteiger partial charge on any atom is -0.497 e. The number of carboxylic acid groups (broad SMARTS) is 1. The van der Waals surface area contributed by atoms with Crippen molar-refractivity contribution in [2.45, 2.75) is 68.3 Å². The van der Waals surface area contributed by atoms with Gasteiger partial charge in [-0.25, -0.2) is 31.4 Å². The molecule has 7 rings (SSSR count). The molecule has 24 heteroatoms. The number of hydrogen-bond donors (Lipinski definition) is 4. The maximum atomic E-state index is 16.1. The Morgan fingerprint density at radius 1 is 0.836 bits per heavy atom. The van der Waals surface area contributed by atoms with Gasteiger partial charge in [-0.05, 0) is 103 Å². The van der Waals surface area contributed by atoms with E-state index in [-0.39, 0.29) is 66.6 Å². The molecule has 386 valence electrons. The van der Waals surface area contributed by atoms with Crippen molar-refractivity contribution in [3.05, 3.63) is 119 Å². The maximum absolute atomic E-state index is 16.1. The quantitative estimate of drug-likeness (QED) is 0.0808. The monoisotopic (exact) mass is 1040 g/mol. The summed E-state index contributed by atoms with van der Waals surface area (Å²) in [6.45, 7) is 4.15. The van der Waals surface area contributed by atoms with Crippen LogP contribution in [0.4, 0.5) is 15.4 Å². The molecule has 5 N–H and O–H groups in total. The number of hydrogen-bond acceptors (Lipinski definition) is 16. The fraction of sp³-hybridized carbons (Fsp3) is 0.327. The number of carbonyl (C=O) groups is 3. The number of ether oxygens (including phenoxy) is 4. The topological polar surface area (TPSA) is 290 Å². The molecule has 4 aromatic carbocycles. The standard InChI is InChI=1S/C49H56N10O12S2/c1-49(2,3)71-47(61)51-22-24-72(64,65)41-20-19-39(34-25-40(44(50)52-26-34)46(60)53-35-21-23-57(30-35)48(62)63)42(45-54-56-59(55-45)29-33-11-17-38(70-6)18-12-33)43(41)73(66,67)58(27-31-7-13-36(68-4)14-8-31)28-32-9-15-37(69-5)16-10-32/h7-20,25-26,35H,21-24,27-30H2,1-6H3,(H2,50,52)(H,51,61)(H,53,60)(H,62,63)/t35-/m0/s1. The Balaban J connectivity index is 1.45. The summed E-state index contributed by atoms with van der Waals surface area (Å²) in [5.74, 6) is -0.372. The van der Waals surface area contributed by atoms with E-state index in [2.05, 4.69) is 31.0 Å². The number of methoxy groups -OCH3 is 3. The fourth-order valence-corrected chi connectivity index (χ4v) is 11.5. The van der Waals surface area contributed by atoms with Gasteiger partial charge < -0.3 is 45.3 Å². The van der Waals surface area contributed by atoms with Crippen molar-refractivity contribution in [2.24, 2.45) is 0 Å². The molecule has 0 aliphatic carbocycles. The van der Waals surface area contributed by atoms with Gasteiger partial charge in [-0.2, -0.15) is 9.10 Å². The Bertz CT molecular complexity index is 3130. The average Bonchev–Trinajstić information content (AvgIpc) is 4.03. The molecule has 1 fully saturated rings. The van der Waals surface area contributed by atoms with Crippen LogP contribution in [0.25, 0.3) is 22.5 Å². The molecule has 1 aliphatic heterocycles. The number of likely N-dealkylation sites (tertiary alicyclic amines) is 1. The number of aromatic nitrogens is 5. The smallest absolute Gasteiger partial charge is 0.407 e. The molecule has 0 bridgehead atoms. The Morgan fingerprint density at radius 2 is 1.41 bits per heavy atom. The van der Waals surface area contributed by atoms with Crippen molar-refractivity contribution < 1.29 is 55.3 Å². The van der Waals surface area contributed by atoms with Crippen LogP contribution in [-0.2, 0) is 44.2 Å². The van der Waals surface area contributed by atoms with E-state index in [1.165, 1.54) is 49.4 Å². The number of benzene rings is 4. The molecule has 0 saturated carbocycles. The van der Waals surface area contributed by atoms with E-state index < -0.39 is 71.7 Å². The molecule has 22 nitrogen and oxygen atoms in total. The fourth-order valence-electron chi connectivity index (χ4n) is 7.89. The van der Waals surface area contributed by atoms with Crippen LogP contribution in [0.1, 0.15) is 54.2 Å². The number of anilines is 1. The van der Waals surface area contributed by atoms with Crippen molar-refractivity contribution in [2.75, 3.05) is 52.5 Å². The van der Waals surface area contributed by atoms with Gasteiger partial charge in [0, 0.05) is 50.5 Å². The molecule has 3 heterocycles. The minimum absolute atomic E-state index is 0.0155. The molecule has 2 aromatic heterocycles. The van der Waals surface area contributed by atoms with Gasteiger partial charge >= 0.3 is 12.2 Å². The van der Waals surface area contributed by atoms with E-state index in [0.29, 0.717) is 40.4 Å². The number of carbonyl (C=O) groups excluding carboxylic acids is 2. The molecule has 1 saturated heterocycles. The normalized spacial score (nSPS) is 13.9. The number of sulfonamides is 1. The predicted molar refractivity (Wildman–Crippen MR) is 267 cm³/mol. The second-order valence-electron chi connectivity index (χ2n) is 17.9. The van der Waals surface area contributed by atoms with Crippen molar-refractivity contribution in [1.29, 1.82) is 0 Å². The second kappa shape index (κ2) is 22.3. The highest BCUT2D eigenvalue weighted by atomic mass is 32.2. The number of sulfone groups is 1. The first-order chi connectivity index (χ1) is 34.7. The van der Waals surface area contributed by atoms with E-state index in [1.54, 1.807) is 93.6 Å². The Morgan fingerprint density at radius 3 is 1.95 bits per heavy atom. The average molecular weight is 1040 g/mol. The van der Waals surface area contributed by atoms with Crippen molar-refractivity contribution in [1.82, 2.24) is 45.0 Å². The number of nitrogens with two attached hydrogens (primary N) is 1. The minimum atomic E-state index is -5.07. The summed E-state index contributed by atoms with van der Waals surface area (Å²) in [5.41, 5.74) is 6.80. The van der Waals surface area contributed by atoms with Gasteiger partial charge in [0.2, 0.25) is 15.8 Å². The molecule has 3 amide bonds. The van der Waals surface area contributed by atoms with Crippen molar-refractivity contribution in [3.8, 4) is 39.8 Å². The number of nitrogens with one attached hydrogen (secondary N) is 2.